The van der Waals surface area contributed by atoms with Gasteiger partial charge in [-0.25, -0.2) is 0 Å². The zero-order valence-corrected chi connectivity index (χ0v) is 11.4. The molecule has 0 heterocycles. The summed E-state index contributed by atoms with van der Waals surface area (Å²) in [7, 11) is 2.03. The Morgan fingerprint density at radius 3 is 2.69 bits per heavy atom. The van der Waals surface area contributed by atoms with E-state index in [2.05, 4.69) is 18.7 Å². The van der Waals surface area contributed by atoms with E-state index in [1.54, 1.807) is 0 Å². The van der Waals surface area contributed by atoms with Crippen LogP contribution < -0.4 is 10.6 Å². The zero-order chi connectivity index (χ0) is 12.3. The minimum Gasteiger partial charge on any atom is -0.389 e. The molecule has 0 fully saturated rings. The summed E-state index contributed by atoms with van der Waals surface area (Å²) in [6.45, 7) is 4.30. The van der Waals surface area contributed by atoms with E-state index in [4.69, 9.17) is 29.6 Å². The number of thiocarbonyl (C=S) groups is 1. The fraction of sp³-hybridized carbons (Fsp3) is 0.417. The van der Waals surface area contributed by atoms with Gasteiger partial charge in [0, 0.05) is 29.4 Å². The molecular formula is C12H17ClN2S. The van der Waals surface area contributed by atoms with E-state index >= 15 is 0 Å². The van der Waals surface area contributed by atoms with Crippen molar-refractivity contribution in [3.05, 3.63) is 28.8 Å². The molecule has 1 rings (SSSR count). The molecule has 0 aliphatic carbocycles. The Morgan fingerprint density at radius 1 is 1.56 bits per heavy atom. The Hall–Kier alpha value is -0.800. The van der Waals surface area contributed by atoms with Crippen LogP contribution in [0.5, 0.6) is 0 Å². The van der Waals surface area contributed by atoms with Crippen molar-refractivity contribution in [2.45, 2.75) is 26.3 Å². The van der Waals surface area contributed by atoms with E-state index in [-0.39, 0.29) is 0 Å². The molecule has 16 heavy (non-hydrogen) atoms. The third-order valence-corrected chi connectivity index (χ3v) is 3.31. The summed E-state index contributed by atoms with van der Waals surface area (Å²) >= 11 is 11.0. The Labute approximate surface area is 107 Å². The van der Waals surface area contributed by atoms with Crippen molar-refractivity contribution >= 4 is 34.5 Å². The van der Waals surface area contributed by atoms with Gasteiger partial charge in [0.2, 0.25) is 0 Å². The normalized spacial score (nSPS) is 12.2. The molecule has 0 radical (unpaired) electrons. The number of hydrogen-bond acceptors (Lipinski definition) is 2. The summed E-state index contributed by atoms with van der Waals surface area (Å²) in [4.78, 5) is 2.56. The van der Waals surface area contributed by atoms with Gasteiger partial charge in [-0.15, -0.1) is 0 Å². The summed E-state index contributed by atoms with van der Waals surface area (Å²) in [6.07, 6.45) is 1.06. The number of halogens is 1. The largest absolute Gasteiger partial charge is 0.389 e. The number of benzene rings is 1. The molecule has 0 aliphatic rings. The molecule has 0 bridgehead atoms. The maximum Gasteiger partial charge on any atom is 0.106 e. The quantitative estimate of drug-likeness (QED) is 0.839. The lowest BCUT2D eigenvalue weighted by Gasteiger charge is -2.28. The van der Waals surface area contributed by atoms with Gasteiger partial charge in [-0.2, -0.15) is 0 Å². The van der Waals surface area contributed by atoms with Crippen LogP contribution >= 0.6 is 23.8 Å². The van der Waals surface area contributed by atoms with E-state index in [9.17, 15) is 0 Å². The highest BCUT2D eigenvalue weighted by Gasteiger charge is 2.14. The number of nitrogens with two attached hydrogens (primary N) is 1. The van der Waals surface area contributed by atoms with Crippen LogP contribution in [0.4, 0.5) is 5.69 Å². The summed E-state index contributed by atoms with van der Waals surface area (Å²) in [6, 6.07) is 6.01. The lowest BCUT2D eigenvalue weighted by molar-refractivity contribution is 0.663. The van der Waals surface area contributed by atoms with Crippen molar-refractivity contribution in [1.29, 1.82) is 0 Å². The van der Waals surface area contributed by atoms with Gasteiger partial charge in [0.15, 0.2) is 0 Å². The maximum atomic E-state index is 6.00. The third-order valence-electron chi connectivity index (χ3n) is 2.86. The Balaban J connectivity index is 3.19. The van der Waals surface area contributed by atoms with Crippen LogP contribution in [0.3, 0.4) is 0 Å². The molecule has 2 nitrogen and oxygen atoms in total. The van der Waals surface area contributed by atoms with Gasteiger partial charge in [0.05, 0.1) is 0 Å². The van der Waals surface area contributed by atoms with Crippen LogP contribution in [0.25, 0.3) is 0 Å². The van der Waals surface area contributed by atoms with Crippen molar-refractivity contribution < 1.29 is 0 Å². The Bertz CT molecular complexity index is 393. The van der Waals surface area contributed by atoms with E-state index in [0.717, 1.165) is 17.7 Å². The number of rotatable bonds is 4. The number of nitrogens with zero attached hydrogens (tertiary/aromatic N) is 1. The minimum atomic E-state index is 0.404. The van der Waals surface area contributed by atoms with Crippen molar-refractivity contribution in [3.63, 3.8) is 0 Å². The SMILES string of the molecule is CCC(C)N(C)c1cc(Cl)ccc1C(N)=S. The van der Waals surface area contributed by atoms with Crippen molar-refractivity contribution in [2.75, 3.05) is 11.9 Å². The zero-order valence-electron chi connectivity index (χ0n) is 9.83. The molecule has 2 N–H and O–H groups in total. The van der Waals surface area contributed by atoms with Gasteiger partial charge < -0.3 is 10.6 Å². The average Bonchev–Trinajstić information content (AvgIpc) is 2.26. The van der Waals surface area contributed by atoms with Gasteiger partial charge in [0.25, 0.3) is 0 Å². The van der Waals surface area contributed by atoms with E-state index in [1.165, 1.54) is 0 Å². The predicted octanol–water partition coefficient (Wildman–Crippen LogP) is 3.21. The van der Waals surface area contributed by atoms with Crippen molar-refractivity contribution in [3.8, 4) is 0 Å². The fourth-order valence-electron chi connectivity index (χ4n) is 1.52. The molecule has 0 saturated heterocycles. The Kier molecular flexibility index (Phi) is 4.56. The first-order valence-corrected chi connectivity index (χ1v) is 6.08. The smallest absolute Gasteiger partial charge is 0.106 e. The first-order valence-electron chi connectivity index (χ1n) is 5.29. The molecule has 1 unspecified atom stereocenters. The molecule has 0 aliphatic heterocycles. The lowest BCUT2D eigenvalue weighted by Crippen LogP contribution is -2.30. The molecule has 88 valence electrons. The number of hydrogen-bond donors (Lipinski definition) is 1. The molecule has 0 amide bonds. The predicted molar refractivity (Wildman–Crippen MR) is 75.5 cm³/mol. The van der Waals surface area contributed by atoms with Crippen LogP contribution in [0, 0.1) is 0 Å². The van der Waals surface area contributed by atoms with Crippen LogP contribution in [0.2, 0.25) is 5.02 Å². The summed E-state index contributed by atoms with van der Waals surface area (Å²) in [5.74, 6) is 0. The molecule has 0 aromatic heterocycles. The minimum absolute atomic E-state index is 0.404. The van der Waals surface area contributed by atoms with E-state index in [1.807, 2.05) is 25.2 Å². The van der Waals surface area contributed by atoms with E-state index in [0.29, 0.717) is 16.1 Å². The molecule has 4 heteroatoms. The van der Waals surface area contributed by atoms with E-state index < -0.39 is 0 Å². The molecule has 1 atom stereocenters. The van der Waals surface area contributed by atoms with Gasteiger partial charge in [-0.3, -0.25) is 0 Å². The van der Waals surface area contributed by atoms with Gasteiger partial charge >= 0.3 is 0 Å². The highest BCUT2D eigenvalue weighted by Crippen LogP contribution is 2.26. The fourth-order valence-corrected chi connectivity index (χ4v) is 1.86. The summed E-state index contributed by atoms with van der Waals surface area (Å²) < 4.78 is 0. The number of anilines is 1. The van der Waals surface area contributed by atoms with Crippen molar-refractivity contribution in [1.82, 2.24) is 0 Å². The second-order valence-corrected chi connectivity index (χ2v) is 4.77. The maximum absolute atomic E-state index is 6.00. The Morgan fingerprint density at radius 2 is 2.19 bits per heavy atom. The monoisotopic (exact) mass is 256 g/mol. The van der Waals surface area contributed by atoms with Gasteiger partial charge in [-0.05, 0) is 31.5 Å². The molecule has 0 saturated carbocycles. The molecule has 0 spiro atoms. The second-order valence-electron chi connectivity index (χ2n) is 3.89. The highest BCUT2D eigenvalue weighted by molar-refractivity contribution is 7.80. The van der Waals surface area contributed by atoms with Crippen LogP contribution in [-0.4, -0.2) is 18.1 Å². The summed E-state index contributed by atoms with van der Waals surface area (Å²) in [5.41, 5.74) is 7.58. The lowest BCUT2D eigenvalue weighted by atomic mass is 10.1. The average molecular weight is 257 g/mol. The third kappa shape index (κ3) is 2.86. The first kappa shape index (κ1) is 13.3. The first-order chi connectivity index (χ1) is 7.47. The van der Waals surface area contributed by atoms with Crippen molar-refractivity contribution in [2.24, 2.45) is 5.73 Å². The molecular weight excluding hydrogens is 240 g/mol. The standard InChI is InChI=1S/C12H17ClN2S/c1-4-8(2)15(3)11-7-9(13)5-6-10(11)12(14)16/h5-8H,4H2,1-3H3,(H2,14,16). The molecule has 1 aromatic rings. The van der Waals surface area contributed by atoms with Crippen LogP contribution in [0.1, 0.15) is 25.8 Å². The highest BCUT2D eigenvalue weighted by atomic mass is 35.5. The van der Waals surface area contributed by atoms with Crippen LogP contribution in [0.15, 0.2) is 18.2 Å². The van der Waals surface area contributed by atoms with Gasteiger partial charge in [-0.1, -0.05) is 30.7 Å². The summed E-state index contributed by atoms with van der Waals surface area (Å²) in [5, 5.41) is 0.699. The molecule has 1 aromatic carbocycles. The van der Waals surface area contributed by atoms with Crippen LogP contribution in [-0.2, 0) is 0 Å². The van der Waals surface area contributed by atoms with Gasteiger partial charge in [0.1, 0.15) is 4.99 Å². The topological polar surface area (TPSA) is 29.3 Å². The second kappa shape index (κ2) is 5.51.